The van der Waals surface area contributed by atoms with Gasteiger partial charge in [-0.15, -0.1) is 0 Å². The van der Waals surface area contributed by atoms with Crippen LogP contribution in [0, 0.1) is 0 Å². The zero-order valence-electron chi connectivity index (χ0n) is 10.7. The molecule has 1 aromatic heterocycles. The van der Waals surface area contributed by atoms with E-state index < -0.39 is 0 Å². The Balaban J connectivity index is 2.02. The molecule has 0 saturated carbocycles. The van der Waals surface area contributed by atoms with Crippen LogP contribution in [0.1, 0.15) is 19.8 Å². The first-order chi connectivity index (χ1) is 8.71. The Labute approximate surface area is 107 Å². The van der Waals surface area contributed by atoms with Gasteiger partial charge < -0.3 is 21.4 Å². The largest absolute Gasteiger partial charge is 0.368 e. The van der Waals surface area contributed by atoms with E-state index in [0.29, 0.717) is 11.9 Å². The molecule has 1 aliphatic heterocycles. The van der Waals surface area contributed by atoms with Crippen LogP contribution in [0.15, 0.2) is 6.07 Å². The first-order valence-electron chi connectivity index (χ1n) is 6.31. The number of nitrogens with one attached hydrogen (secondary N) is 2. The molecule has 0 amide bonds. The first-order valence-corrected chi connectivity index (χ1v) is 6.31. The maximum absolute atomic E-state index is 5.63. The van der Waals surface area contributed by atoms with Crippen LogP contribution in [-0.4, -0.2) is 40.5 Å². The second kappa shape index (κ2) is 5.83. The Morgan fingerprint density at radius 2 is 2.22 bits per heavy atom. The molecule has 0 spiro atoms. The quantitative estimate of drug-likeness (QED) is 0.449. The number of nitrogen functional groups attached to an aromatic ring is 2. The average molecular weight is 251 g/mol. The number of likely N-dealkylation sites (N-methyl/N-ethyl adjacent to an activating group) is 1. The van der Waals surface area contributed by atoms with E-state index in [2.05, 4.69) is 32.5 Å². The number of rotatable bonds is 4. The Kier molecular flexibility index (Phi) is 4.16. The normalized spacial score (nSPS) is 20.7. The second-order valence-electron chi connectivity index (χ2n) is 4.52. The maximum atomic E-state index is 5.63. The number of hydrogen-bond donors (Lipinski definition) is 4. The lowest BCUT2D eigenvalue weighted by Crippen LogP contribution is -2.42. The summed E-state index contributed by atoms with van der Waals surface area (Å²) in [6.45, 7) is 5.48. The van der Waals surface area contributed by atoms with Crippen molar-refractivity contribution < 1.29 is 0 Å². The molecule has 1 atom stereocenters. The molecule has 1 aliphatic rings. The van der Waals surface area contributed by atoms with Gasteiger partial charge in [-0.05, 0) is 25.9 Å². The van der Waals surface area contributed by atoms with Crippen LogP contribution in [0.3, 0.4) is 0 Å². The average Bonchev–Trinajstić information content (AvgIpc) is 2.38. The predicted molar refractivity (Wildman–Crippen MR) is 73.0 cm³/mol. The smallest absolute Gasteiger partial charge is 0.223 e. The number of likely N-dealkylation sites (tertiary alicyclic amines) is 1. The lowest BCUT2D eigenvalue weighted by molar-refractivity contribution is 0.226. The molecular formula is C11H21N7. The van der Waals surface area contributed by atoms with Crippen LogP contribution >= 0.6 is 0 Å². The van der Waals surface area contributed by atoms with Crippen molar-refractivity contribution in [2.75, 3.05) is 36.1 Å². The Morgan fingerprint density at radius 3 is 2.94 bits per heavy atom. The molecular weight excluding hydrogens is 230 g/mol. The molecule has 1 unspecified atom stereocenters. The fourth-order valence-corrected chi connectivity index (χ4v) is 2.28. The van der Waals surface area contributed by atoms with Gasteiger partial charge in [0.05, 0.1) is 0 Å². The topological polar surface area (TPSA) is 105 Å². The summed E-state index contributed by atoms with van der Waals surface area (Å²) in [4.78, 5) is 10.5. The number of nitrogens with two attached hydrogens (primary N) is 2. The van der Waals surface area contributed by atoms with Gasteiger partial charge in [0, 0.05) is 18.7 Å². The number of anilines is 3. The van der Waals surface area contributed by atoms with Gasteiger partial charge in [-0.2, -0.15) is 9.97 Å². The van der Waals surface area contributed by atoms with Crippen molar-refractivity contribution in [1.29, 1.82) is 0 Å². The highest BCUT2D eigenvalue weighted by molar-refractivity contribution is 5.50. The molecule has 0 aliphatic carbocycles. The van der Waals surface area contributed by atoms with Gasteiger partial charge in [-0.25, -0.2) is 5.84 Å². The van der Waals surface area contributed by atoms with E-state index in [1.54, 1.807) is 6.07 Å². The summed E-state index contributed by atoms with van der Waals surface area (Å²) >= 11 is 0. The summed E-state index contributed by atoms with van der Waals surface area (Å²) < 4.78 is 0. The van der Waals surface area contributed by atoms with E-state index >= 15 is 0 Å². The van der Waals surface area contributed by atoms with Crippen LogP contribution in [0.5, 0.6) is 0 Å². The number of piperidine rings is 1. The monoisotopic (exact) mass is 251 g/mol. The molecule has 1 saturated heterocycles. The molecule has 7 nitrogen and oxygen atoms in total. The molecule has 100 valence electrons. The number of hydrogen-bond acceptors (Lipinski definition) is 7. The van der Waals surface area contributed by atoms with E-state index in [0.717, 1.165) is 25.3 Å². The first kappa shape index (κ1) is 12.8. The van der Waals surface area contributed by atoms with Crippen LogP contribution in [0.2, 0.25) is 0 Å². The van der Waals surface area contributed by atoms with E-state index in [1.165, 1.54) is 13.0 Å². The van der Waals surface area contributed by atoms with E-state index in [1.807, 2.05) is 0 Å². The fraction of sp³-hybridized carbons (Fsp3) is 0.636. The summed E-state index contributed by atoms with van der Waals surface area (Å²) in [6.07, 6.45) is 2.35. The van der Waals surface area contributed by atoms with E-state index in [9.17, 15) is 0 Å². The lowest BCUT2D eigenvalue weighted by Gasteiger charge is -2.32. The zero-order chi connectivity index (χ0) is 13.0. The second-order valence-corrected chi connectivity index (χ2v) is 4.52. The molecule has 0 radical (unpaired) electrons. The molecule has 1 aromatic rings. The third kappa shape index (κ3) is 3.21. The van der Waals surface area contributed by atoms with Gasteiger partial charge in [-0.1, -0.05) is 6.92 Å². The van der Waals surface area contributed by atoms with E-state index in [4.69, 9.17) is 11.6 Å². The van der Waals surface area contributed by atoms with Crippen LogP contribution in [0.25, 0.3) is 0 Å². The van der Waals surface area contributed by atoms with Gasteiger partial charge in [0.15, 0.2) is 0 Å². The Bertz CT molecular complexity index is 395. The van der Waals surface area contributed by atoms with Crippen molar-refractivity contribution in [2.45, 2.75) is 25.8 Å². The summed E-state index contributed by atoms with van der Waals surface area (Å²) in [5, 5.41) is 3.39. The molecule has 0 bridgehead atoms. The predicted octanol–water partition coefficient (Wildman–Crippen LogP) is 0.241. The highest BCUT2D eigenvalue weighted by atomic mass is 15.3. The zero-order valence-corrected chi connectivity index (χ0v) is 10.7. The molecule has 6 N–H and O–H groups in total. The van der Waals surface area contributed by atoms with Gasteiger partial charge in [0.2, 0.25) is 5.95 Å². The van der Waals surface area contributed by atoms with Gasteiger partial charge in [-0.3, -0.25) is 0 Å². The van der Waals surface area contributed by atoms with Crippen molar-refractivity contribution >= 4 is 17.6 Å². The number of hydrazine groups is 1. The highest BCUT2D eigenvalue weighted by Crippen LogP contribution is 2.17. The molecule has 2 heterocycles. The van der Waals surface area contributed by atoms with Crippen LogP contribution < -0.4 is 22.3 Å². The van der Waals surface area contributed by atoms with E-state index in [-0.39, 0.29) is 5.95 Å². The molecule has 1 fully saturated rings. The summed E-state index contributed by atoms with van der Waals surface area (Å²) in [5.74, 6) is 6.79. The summed E-state index contributed by atoms with van der Waals surface area (Å²) in [5.41, 5.74) is 8.11. The molecule has 2 rings (SSSR count). The van der Waals surface area contributed by atoms with Crippen LogP contribution in [-0.2, 0) is 0 Å². The van der Waals surface area contributed by atoms with Crippen molar-refractivity contribution in [1.82, 2.24) is 14.9 Å². The molecule has 0 aromatic carbocycles. The fourth-order valence-electron chi connectivity index (χ4n) is 2.28. The number of aromatic nitrogens is 2. The van der Waals surface area contributed by atoms with Crippen molar-refractivity contribution in [2.24, 2.45) is 5.84 Å². The van der Waals surface area contributed by atoms with Gasteiger partial charge in [0.1, 0.15) is 11.6 Å². The summed E-state index contributed by atoms with van der Waals surface area (Å²) in [7, 11) is 0. The molecule has 7 heteroatoms. The molecule has 18 heavy (non-hydrogen) atoms. The summed E-state index contributed by atoms with van der Waals surface area (Å²) in [6, 6.07) is 2.17. The minimum Gasteiger partial charge on any atom is -0.368 e. The Hall–Kier alpha value is -1.60. The van der Waals surface area contributed by atoms with Crippen molar-refractivity contribution in [3.63, 3.8) is 0 Å². The maximum Gasteiger partial charge on any atom is 0.223 e. The van der Waals surface area contributed by atoms with Gasteiger partial charge in [0.25, 0.3) is 0 Å². The third-order valence-corrected chi connectivity index (χ3v) is 3.20. The Morgan fingerprint density at radius 1 is 1.44 bits per heavy atom. The van der Waals surface area contributed by atoms with Gasteiger partial charge >= 0.3 is 0 Å². The minimum atomic E-state index is 0.219. The SMILES string of the molecule is CCN1CCCC(Nc2cc(NN)nc(N)n2)C1. The number of nitrogens with zero attached hydrogens (tertiary/aromatic N) is 3. The highest BCUT2D eigenvalue weighted by Gasteiger charge is 2.19. The lowest BCUT2D eigenvalue weighted by atomic mass is 10.1. The van der Waals surface area contributed by atoms with Crippen molar-refractivity contribution in [3.05, 3.63) is 6.07 Å². The third-order valence-electron chi connectivity index (χ3n) is 3.20. The van der Waals surface area contributed by atoms with Crippen molar-refractivity contribution in [3.8, 4) is 0 Å². The minimum absolute atomic E-state index is 0.219. The standard InChI is InChI=1S/C11H21N7/c1-2-18-5-3-4-8(7-18)14-9-6-10(17-13)16-11(12)15-9/h6,8H,2-5,7,13H2,1H3,(H4,12,14,15,16,17). The van der Waals surface area contributed by atoms with Crippen LogP contribution in [0.4, 0.5) is 17.6 Å².